The zero-order valence-electron chi connectivity index (χ0n) is 16.0. The van der Waals surface area contributed by atoms with E-state index < -0.39 is 0 Å². The summed E-state index contributed by atoms with van der Waals surface area (Å²) in [5.74, 6) is 3.23. The van der Waals surface area contributed by atoms with E-state index >= 15 is 0 Å². The van der Waals surface area contributed by atoms with Crippen LogP contribution >= 0.6 is 23.3 Å². The Morgan fingerprint density at radius 3 is 2.64 bits per heavy atom. The largest absolute Gasteiger partial charge is 0.484 e. The molecule has 1 heterocycles. The molecule has 7 heteroatoms. The third-order valence-corrected chi connectivity index (χ3v) is 8.35. The molecule has 4 bridgehead atoms. The number of amides is 1. The van der Waals surface area contributed by atoms with Gasteiger partial charge in [0.15, 0.2) is 6.61 Å². The Kier molecular flexibility index (Phi) is 4.83. The van der Waals surface area contributed by atoms with E-state index in [0.29, 0.717) is 15.6 Å². The molecule has 4 aliphatic carbocycles. The Morgan fingerprint density at radius 2 is 1.96 bits per heavy atom. The Bertz CT molecular complexity index is 847. The van der Waals surface area contributed by atoms with Crippen molar-refractivity contribution in [3.63, 3.8) is 0 Å². The standard InChI is InChI=1S/C21H25N3O2S2/c1-13-3-2-4-17(5-13)26-12-18(25)22-19-23-20(24-28-19)27-21-9-14-6-15(10-21)8-16(7-14)11-21/h2-5,14-16H,6-12H2,1H3,(H,22,23,24,25). The number of hydrogen-bond donors (Lipinski definition) is 1. The third kappa shape index (κ3) is 3.92. The van der Waals surface area contributed by atoms with Crippen molar-refractivity contribution in [1.29, 1.82) is 0 Å². The van der Waals surface area contributed by atoms with Gasteiger partial charge in [-0.1, -0.05) is 23.9 Å². The Morgan fingerprint density at radius 1 is 1.25 bits per heavy atom. The number of ether oxygens (including phenoxy) is 1. The van der Waals surface area contributed by atoms with E-state index in [0.717, 1.165) is 28.5 Å². The molecule has 4 aliphatic rings. The van der Waals surface area contributed by atoms with Gasteiger partial charge in [0.1, 0.15) is 5.75 Å². The second kappa shape index (κ2) is 7.34. The van der Waals surface area contributed by atoms with E-state index in [2.05, 4.69) is 14.7 Å². The highest BCUT2D eigenvalue weighted by molar-refractivity contribution is 8.00. The number of aryl methyl sites for hydroxylation is 1. The molecule has 5 nitrogen and oxygen atoms in total. The summed E-state index contributed by atoms with van der Waals surface area (Å²) < 4.78 is 10.4. The first-order valence-electron chi connectivity index (χ1n) is 10.1. The molecule has 2 aromatic rings. The quantitative estimate of drug-likeness (QED) is 0.725. The highest BCUT2D eigenvalue weighted by atomic mass is 32.2. The molecule has 0 spiro atoms. The molecule has 6 rings (SSSR count). The Hall–Kier alpha value is -1.60. The lowest BCUT2D eigenvalue weighted by Crippen LogP contribution is -2.48. The number of carbonyl (C=O) groups is 1. The van der Waals surface area contributed by atoms with Gasteiger partial charge < -0.3 is 4.74 Å². The molecule has 28 heavy (non-hydrogen) atoms. The molecule has 1 N–H and O–H groups in total. The minimum Gasteiger partial charge on any atom is -0.484 e. The minimum atomic E-state index is -0.205. The number of aromatic nitrogens is 2. The molecule has 1 amide bonds. The highest BCUT2D eigenvalue weighted by Crippen LogP contribution is 2.61. The van der Waals surface area contributed by atoms with Gasteiger partial charge in [-0.15, -0.1) is 0 Å². The van der Waals surface area contributed by atoms with E-state index in [1.165, 1.54) is 50.1 Å². The second-order valence-electron chi connectivity index (χ2n) is 8.74. The summed E-state index contributed by atoms with van der Waals surface area (Å²) in [4.78, 5) is 16.8. The van der Waals surface area contributed by atoms with Crippen LogP contribution in [0, 0.1) is 24.7 Å². The van der Waals surface area contributed by atoms with Gasteiger partial charge in [0.25, 0.3) is 5.91 Å². The molecular formula is C21H25N3O2S2. The number of benzene rings is 1. The summed E-state index contributed by atoms with van der Waals surface area (Å²) in [6.45, 7) is 1.97. The second-order valence-corrected chi connectivity index (χ2v) is 10.9. The Labute approximate surface area is 173 Å². The predicted octanol–water partition coefficient (Wildman–Crippen LogP) is 4.92. The number of nitrogens with one attached hydrogen (secondary N) is 1. The molecule has 0 atom stereocenters. The van der Waals surface area contributed by atoms with E-state index in [1.54, 1.807) is 0 Å². The molecular weight excluding hydrogens is 390 g/mol. The van der Waals surface area contributed by atoms with Crippen molar-refractivity contribution in [3.8, 4) is 5.75 Å². The van der Waals surface area contributed by atoms with Crippen LogP contribution in [-0.2, 0) is 4.79 Å². The first kappa shape index (κ1) is 18.4. The molecule has 1 aromatic carbocycles. The third-order valence-electron chi connectivity index (χ3n) is 6.30. The average Bonchev–Trinajstić information content (AvgIpc) is 3.05. The maximum absolute atomic E-state index is 12.2. The van der Waals surface area contributed by atoms with E-state index in [-0.39, 0.29) is 12.5 Å². The zero-order valence-corrected chi connectivity index (χ0v) is 17.7. The first-order chi connectivity index (χ1) is 13.6. The molecule has 0 unspecified atom stereocenters. The number of carbonyl (C=O) groups excluding carboxylic acids is 1. The molecule has 4 fully saturated rings. The van der Waals surface area contributed by atoms with Crippen molar-refractivity contribution >= 4 is 34.3 Å². The van der Waals surface area contributed by atoms with Gasteiger partial charge in [0.2, 0.25) is 10.3 Å². The fourth-order valence-corrected chi connectivity index (χ4v) is 7.95. The average molecular weight is 416 g/mol. The van der Waals surface area contributed by atoms with Crippen LogP contribution in [0.2, 0.25) is 0 Å². The molecule has 1 aromatic heterocycles. The lowest BCUT2D eigenvalue weighted by molar-refractivity contribution is -0.118. The summed E-state index contributed by atoms with van der Waals surface area (Å²) in [5.41, 5.74) is 1.10. The monoisotopic (exact) mass is 415 g/mol. The number of nitrogens with zero attached hydrogens (tertiary/aromatic N) is 2. The van der Waals surface area contributed by atoms with E-state index in [1.807, 2.05) is 43.0 Å². The molecule has 0 radical (unpaired) electrons. The van der Waals surface area contributed by atoms with Crippen LogP contribution < -0.4 is 10.1 Å². The molecule has 0 aliphatic heterocycles. The smallest absolute Gasteiger partial charge is 0.264 e. The van der Waals surface area contributed by atoms with Crippen LogP contribution in [-0.4, -0.2) is 26.6 Å². The van der Waals surface area contributed by atoms with Gasteiger partial charge in [-0.05, 0) is 80.9 Å². The van der Waals surface area contributed by atoms with Gasteiger partial charge in [0.05, 0.1) is 0 Å². The first-order valence-corrected chi connectivity index (χ1v) is 11.7. The number of rotatable bonds is 6. The van der Waals surface area contributed by atoms with Gasteiger partial charge >= 0.3 is 0 Å². The van der Waals surface area contributed by atoms with Gasteiger partial charge in [-0.2, -0.15) is 9.36 Å². The van der Waals surface area contributed by atoms with Crippen molar-refractivity contribution in [3.05, 3.63) is 29.8 Å². The lowest BCUT2D eigenvalue weighted by atomic mass is 9.56. The zero-order chi connectivity index (χ0) is 19.1. The fourth-order valence-electron chi connectivity index (χ4n) is 5.66. The molecule has 148 valence electrons. The normalized spacial score (nSPS) is 30.4. The topological polar surface area (TPSA) is 64.1 Å². The lowest BCUT2D eigenvalue weighted by Gasteiger charge is -2.56. The summed E-state index contributed by atoms with van der Waals surface area (Å²) in [5, 5.41) is 4.20. The molecule has 4 saturated carbocycles. The SMILES string of the molecule is Cc1cccc(OCC(=O)Nc2nc(SC34CC5CC(CC(C5)C3)C4)ns2)c1. The number of thioether (sulfide) groups is 1. The number of hydrogen-bond acceptors (Lipinski definition) is 6. The van der Waals surface area contributed by atoms with Crippen molar-refractivity contribution in [2.24, 2.45) is 17.8 Å². The van der Waals surface area contributed by atoms with Crippen LogP contribution in [0.5, 0.6) is 5.75 Å². The van der Waals surface area contributed by atoms with Crippen molar-refractivity contribution in [2.75, 3.05) is 11.9 Å². The fraction of sp³-hybridized carbons (Fsp3) is 0.571. The van der Waals surface area contributed by atoms with Crippen LogP contribution in [0.1, 0.15) is 44.1 Å². The highest BCUT2D eigenvalue weighted by Gasteiger charge is 2.51. The van der Waals surface area contributed by atoms with Crippen LogP contribution in [0.4, 0.5) is 5.13 Å². The van der Waals surface area contributed by atoms with Crippen molar-refractivity contribution < 1.29 is 9.53 Å². The van der Waals surface area contributed by atoms with Crippen LogP contribution in [0.25, 0.3) is 0 Å². The minimum absolute atomic E-state index is 0.0273. The van der Waals surface area contributed by atoms with Gasteiger partial charge in [-0.3, -0.25) is 10.1 Å². The van der Waals surface area contributed by atoms with Crippen LogP contribution in [0.3, 0.4) is 0 Å². The number of anilines is 1. The summed E-state index contributed by atoms with van der Waals surface area (Å²) >= 11 is 3.13. The summed E-state index contributed by atoms with van der Waals surface area (Å²) in [7, 11) is 0. The molecule has 0 saturated heterocycles. The maximum atomic E-state index is 12.2. The van der Waals surface area contributed by atoms with Gasteiger partial charge in [-0.25, -0.2) is 0 Å². The van der Waals surface area contributed by atoms with Crippen molar-refractivity contribution in [1.82, 2.24) is 9.36 Å². The maximum Gasteiger partial charge on any atom is 0.264 e. The van der Waals surface area contributed by atoms with Crippen LogP contribution in [0.15, 0.2) is 29.4 Å². The van der Waals surface area contributed by atoms with E-state index in [9.17, 15) is 4.79 Å². The predicted molar refractivity (Wildman–Crippen MR) is 112 cm³/mol. The summed E-state index contributed by atoms with van der Waals surface area (Å²) in [6, 6.07) is 7.68. The Balaban J connectivity index is 1.17. The summed E-state index contributed by atoms with van der Waals surface area (Å²) in [6.07, 6.45) is 8.25. The van der Waals surface area contributed by atoms with Gasteiger partial charge in [0, 0.05) is 16.3 Å². The van der Waals surface area contributed by atoms with E-state index in [4.69, 9.17) is 4.74 Å². The van der Waals surface area contributed by atoms with Crippen molar-refractivity contribution in [2.45, 2.75) is 55.4 Å².